The summed E-state index contributed by atoms with van der Waals surface area (Å²) in [6.07, 6.45) is 12.2. The zero-order valence-electron chi connectivity index (χ0n) is 30.6. The van der Waals surface area contributed by atoms with Gasteiger partial charge in [-0.1, -0.05) is 12.0 Å². The van der Waals surface area contributed by atoms with Crippen LogP contribution in [0.3, 0.4) is 0 Å². The number of benzene rings is 3. The van der Waals surface area contributed by atoms with Gasteiger partial charge in [0, 0.05) is 100 Å². The number of halogens is 3. The van der Waals surface area contributed by atoms with Crippen molar-refractivity contribution < 1.29 is 27.8 Å². The third-order valence-corrected chi connectivity index (χ3v) is 12.0. The van der Waals surface area contributed by atoms with Crippen molar-refractivity contribution in [2.45, 2.75) is 56.8 Å². The van der Waals surface area contributed by atoms with Crippen LogP contribution >= 0.6 is 0 Å². The standard InChI is InChI=1S/C41H44F3N7O3/c1-4-29-32(43)9-6-24-16-28(52)17-30(33(24)29)34-36(44)38-35(31-21-48(2)47-37(31)34)39(51-26-7-8-27(51)20-49(19-26)13-5-15-53-3)46-40(45-38)54-23-41(11-12-41)22-50-14-10-25(42)18-50/h1,6,9,16-17,21,25-27,52H,5,7-8,10-15,18-20,22-23H2,2-3H3/t25-,26-,27+/m0/s1. The molecule has 54 heavy (non-hydrogen) atoms. The lowest BCUT2D eigenvalue weighted by molar-refractivity contribution is 0.158. The van der Waals surface area contributed by atoms with Gasteiger partial charge >= 0.3 is 6.01 Å². The Morgan fingerprint density at radius 3 is 2.52 bits per heavy atom. The summed E-state index contributed by atoms with van der Waals surface area (Å²) in [5, 5.41) is 17.5. The molecule has 0 amide bonds. The van der Waals surface area contributed by atoms with E-state index in [1.807, 2.05) is 6.20 Å². The molecular formula is C41H44F3N7O3. The number of piperazine rings is 1. The number of anilines is 1. The predicted octanol–water partition coefficient (Wildman–Crippen LogP) is 6.19. The number of nitrogens with zero attached hydrogens (tertiary/aromatic N) is 7. The number of rotatable bonds is 11. The Kier molecular flexibility index (Phi) is 8.83. The molecule has 10 nitrogen and oxygen atoms in total. The van der Waals surface area contributed by atoms with Crippen LogP contribution in [0.2, 0.25) is 0 Å². The highest BCUT2D eigenvalue weighted by molar-refractivity contribution is 6.18. The molecule has 0 radical (unpaired) electrons. The van der Waals surface area contributed by atoms with E-state index in [0.29, 0.717) is 59.1 Å². The van der Waals surface area contributed by atoms with Crippen molar-refractivity contribution in [3.05, 3.63) is 47.7 Å². The van der Waals surface area contributed by atoms with Crippen molar-refractivity contribution in [3.8, 4) is 35.2 Å². The Hall–Kier alpha value is -4.64. The van der Waals surface area contributed by atoms with Gasteiger partial charge in [-0.05, 0) is 67.7 Å². The number of aromatic nitrogens is 4. The van der Waals surface area contributed by atoms with Gasteiger partial charge in [0.2, 0.25) is 0 Å². The number of methoxy groups -OCH3 is 1. The third kappa shape index (κ3) is 6.08. The van der Waals surface area contributed by atoms with Gasteiger partial charge in [-0.15, -0.1) is 6.42 Å². The van der Waals surface area contributed by atoms with Gasteiger partial charge in [0.1, 0.15) is 34.6 Å². The monoisotopic (exact) mass is 739 g/mol. The van der Waals surface area contributed by atoms with Crippen molar-refractivity contribution in [3.63, 3.8) is 0 Å². The molecule has 2 aromatic heterocycles. The largest absolute Gasteiger partial charge is 0.508 e. The van der Waals surface area contributed by atoms with Gasteiger partial charge in [-0.3, -0.25) is 14.5 Å². The molecule has 2 bridgehead atoms. The fraction of sp³-hybridized carbons (Fsp3) is 0.488. The normalized spacial score (nSPS) is 22.5. The Morgan fingerprint density at radius 1 is 1.02 bits per heavy atom. The van der Waals surface area contributed by atoms with E-state index in [2.05, 4.69) is 20.6 Å². The second-order valence-electron chi connectivity index (χ2n) is 15.8. The molecule has 3 aliphatic heterocycles. The molecule has 4 fully saturated rings. The van der Waals surface area contributed by atoms with E-state index in [-0.39, 0.29) is 51.5 Å². The van der Waals surface area contributed by atoms with Crippen LogP contribution in [0.15, 0.2) is 30.5 Å². The van der Waals surface area contributed by atoms with Gasteiger partial charge in [0.05, 0.1) is 17.6 Å². The Bertz CT molecular complexity index is 2310. The minimum absolute atomic E-state index is 0.0368. The van der Waals surface area contributed by atoms with Crippen molar-refractivity contribution in [2.24, 2.45) is 12.5 Å². The van der Waals surface area contributed by atoms with E-state index in [1.165, 1.54) is 24.3 Å². The lowest BCUT2D eigenvalue weighted by Crippen LogP contribution is -2.54. The summed E-state index contributed by atoms with van der Waals surface area (Å²) < 4.78 is 60.4. The fourth-order valence-electron chi connectivity index (χ4n) is 9.27. The van der Waals surface area contributed by atoms with Crippen molar-refractivity contribution in [1.29, 1.82) is 0 Å². The number of ether oxygens (including phenoxy) is 2. The summed E-state index contributed by atoms with van der Waals surface area (Å²) in [4.78, 5) is 16.9. The first kappa shape index (κ1) is 35.1. The highest BCUT2D eigenvalue weighted by Crippen LogP contribution is 2.49. The zero-order valence-corrected chi connectivity index (χ0v) is 30.6. The molecule has 13 heteroatoms. The molecule has 0 spiro atoms. The van der Waals surface area contributed by atoms with Crippen molar-refractivity contribution >= 4 is 38.4 Å². The van der Waals surface area contributed by atoms with E-state index >= 15 is 8.78 Å². The lowest BCUT2D eigenvalue weighted by atomic mass is 9.91. The van der Waals surface area contributed by atoms with Crippen LogP contribution in [0.5, 0.6) is 11.8 Å². The number of phenolic OH excluding ortho intramolecular Hbond substituents is 1. The molecule has 1 aliphatic carbocycles. The first-order chi connectivity index (χ1) is 26.1. The number of alkyl halides is 1. The number of likely N-dealkylation sites (tertiary alicyclic amines) is 2. The number of fused-ring (bicyclic) bond motifs is 6. The molecule has 5 aromatic rings. The topological polar surface area (TPSA) is 92.0 Å². The average molecular weight is 740 g/mol. The van der Waals surface area contributed by atoms with Gasteiger partial charge in [0.25, 0.3) is 0 Å². The van der Waals surface area contributed by atoms with E-state index in [1.54, 1.807) is 18.8 Å². The van der Waals surface area contributed by atoms with Crippen molar-refractivity contribution in [1.82, 2.24) is 29.5 Å². The first-order valence-corrected chi connectivity index (χ1v) is 18.9. The minimum atomic E-state index is -0.803. The van der Waals surface area contributed by atoms with Gasteiger partial charge in [-0.25, -0.2) is 13.2 Å². The lowest BCUT2D eigenvalue weighted by Gasteiger charge is -2.42. The van der Waals surface area contributed by atoms with Gasteiger partial charge < -0.3 is 19.5 Å². The van der Waals surface area contributed by atoms with Crippen molar-refractivity contribution in [2.75, 3.05) is 64.5 Å². The van der Waals surface area contributed by atoms with Crippen LogP contribution in [0, 0.1) is 29.4 Å². The van der Waals surface area contributed by atoms with Crippen LogP contribution in [0.25, 0.3) is 43.7 Å². The Morgan fingerprint density at radius 2 is 1.81 bits per heavy atom. The molecule has 1 N–H and O–H groups in total. The summed E-state index contributed by atoms with van der Waals surface area (Å²) in [7, 11) is 3.49. The predicted molar refractivity (Wildman–Crippen MR) is 202 cm³/mol. The highest BCUT2D eigenvalue weighted by Gasteiger charge is 2.47. The highest BCUT2D eigenvalue weighted by atomic mass is 19.1. The summed E-state index contributed by atoms with van der Waals surface area (Å²) in [6.45, 7) is 5.52. The molecule has 0 unspecified atom stereocenters. The number of phenols is 1. The van der Waals surface area contributed by atoms with Crippen LogP contribution in [0.4, 0.5) is 19.0 Å². The molecule has 282 valence electrons. The Balaban J connectivity index is 1.21. The van der Waals surface area contributed by atoms with E-state index in [4.69, 9.17) is 31.0 Å². The maximum Gasteiger partial charge on any atom is 0.319 e. The van der Waals surface area contributed by atoms with Gasteiger partial charge in [-0.2, -0.15) is 15.1 Å². The maximum atomic E-state index is 17.8. The quantitative estimate of drug-likeness (QED) is 0.126. The first-order valence-electron chi connectivity index (χ1n) is 18.9. The number of aromatic hydroxyl groups is 1. The number of hydrogen-bond acceptors (Lipinski definition) is 9. The van der Waals surface area contributed by atoms with Gasteiger partial charge in [0.15, 0.2) is 5.82 Å². The summed E-state index contributed by atoms with van der Waals surface area (Å²) >= 11 is 0. The molecule has 3 atom stereocenters. The molecule has 5 heterocycles. The molecular weight excluding hydrogens is 695 g/mol. The average Bonchev–Trinajstić information content (AvgIpc) is 3.48. The third-order valence-electron chi connectivity index (χ3n) is 12.0. The Labute approximate surface area is 311 Å². The number of terminal acetylenes is 1. The van der Waals surface area contributed by atoms with Crippen LogP contribution < -0.4 is 9.64 Å². The smallest absolute Gasteiger partial charge is 0.319 e. The summed E-state index contributed by atoms with van der Waals surface area (Å²) in [6, 6.07) is 6.00. The summed E-state index contributed by atoms with van der Waals surface area (Å²) in [5.41, 5.74) is 0.456. The van der Waals surface area contributed by atoms with Crippen LogP contribution in [-0.4, -0.2) is 113 Å². The zero-order chi connectivity index (χ0) is 37.3. The fourth-order valence-corrected chi connectivity index (χ4v) is 9.27. The SMILES string of the molecule is C#Cc1c(F)ccc2cc(O)cc(-c3c(F)c4nc(OCC5(CN6CC[C@H](F)C6)CC5)nc(N5[C@@H]6CC[C@H]5CN(CCCOC)C6)c4c4cn(C)nc34)c12. The molecule has 1 saturated carbocycles. The number of aryl methyl sites for hydroxylation is 1. The minimum Gasteiger partial charge on any atom is -0.508 e. The molecule has 4 aliphatic rings. The second-order valence-corrected chi connectivity index (χ2v) is 15.8. The molecule has 3 aromatic carbocycles. The maximum absolute atomic E-state index is 17.8. The van der Waals surface area contributed by atoms with Crippen LogP contribution in [0.1, 0.15) is 44.1 Å². The molecule has 9 rings (SSSR count). The van der Waals surface area contributed by atoms with Crippen LogP contribution in [-0.2, 0) is 11.8 Å². The number of hydrogen-bond donors (Lipinski definition) is 1. The van der Waals surface area contributed by atoms with E-state index < -0.39 is 17.8 Å². The summed E-state index contributed by atoms with van der Waals surface area (Å²) in [5.74, 6) is 1.60. The van der Waals surface area contributed by atoms with E-state index in [9.17, 15) is 9.50 Å². The second kappa shape index (κ2) is 13.6. The van der Waals surface area contributed by atoms with E-state index in [0.717, 1.165) is 64.8 Å². The molecule has 3 saturated heterocycles.